The van der Waals surface area contributed by atoms with E-state index in [2.05, 4.69) is 51.3 Å². The van der Waals surface area contributed by atoms with Gasteiger partial charge >= 0.3 is 0 Å². The van der Waals surface area contributed by atoms with Crippen molar-refractivity contribution in [3.63, 3.8) is 0 Å². The summed E-state index contributed by atoms with van der Waals surface area (Å²) in [5.74, 6) is 1.61. The number of hydrogen-bond donors (Lipinski definition) is 0. The molecule has 1 aliphatic carbocycles. The molecule has 1 atom stereocenters. The van der Waals surface area contributed by atoms with Crippen molar-refractivity contribution in [1.29, 1.82) is 0 Å². The Hall–Kier alpha value is -2.15. The van der Waals surface area contributed by atoms with E-state index in [4.69, 9.17) is 0 Å². The standard InChI is InChI=1S/C29H39F/c1-6-8-28(29(30)10-7-9-26-17-12-22(2)13-18-26)25(5)16-11-24(4)21-27-19-14-23(3)15-20-27/h7-8,10-13,16-18,23,27,29H,4-6,9,14-15,19-21H2,1-3H3/b10-7?,16-11-,28-8-. The van der Waals surface area contributed by atoms with Gasteiger partial charge in [0.15, 0.2) is 0 Å². The Morgan fingerprint density at radius 1 is 1.10 bits per heavy atom. The molecule has 1 unspecified atom stereocenters. The summed E-state index contributed by atoms with van der Waals surface area (Å²) >= 11 is 0. The molecule has 0 aromatic heterocycles. The minimum Gasteiger partial charge on any atom is -0.238 e. The Morgan fingerprint density at radius 2 is 1.77 bits per heavy atom. The second-order valence-electron chi connectivity index (χ2n) is 8.93. The van der Waals surface area contributed by atoms with Gasteiger partial charge < -0.3 is 0 Å². The molecule has 1 aromatic carbocycles. The van der Waals surface area contributed by atoms with Crippen LogP contribution in [0.4, 0.5) is 4.39 Å². The van der Waals surface area contributed by atoms with Crippen molar-refractivity contribution >= 4 is 0 Å². The topological polar surface area (TPSA) is 0 Å². The van der Waals surface area contributed by atoms with Crippen molar-refractivity contribution in [1.82, 2.24) is 0 Å². The van der Waals surface area contributed by atoms with Crippen LogP contribution in [0.3, 0.4) is 0 Å². The van der Waals surface area contributed by atoms with Crippen molar-refractivity contribution in [3.05, 3.63) is 95.6 Å². The maximum atomic E-state index is 14.9. The van der Waals surface area contributed by atoms with Gasteiger partial charge in [0.25, 0.3) is 0 Å². The van der Waals surface area contributed by atoms with Crippen LogP contribution in [0, 0.1) is 18.8 Å². The summed E-state index contributed by atoms with van der Waals surface area (Å²) in [4.78, 5) is 0. The fourth-order valence-corrected chi connectivity index (χ4v) is 4.08. The van der Waals surface area contributed by atoms with E-state index in [0.717, 1.165) is 42.2 Å². The van der Waals surface area contributed by atoms with Gasteiger partial charge in [0.1, 0.15) is 6.17 Å². The van der Waals surface area contributed by atoms with Gasteiger partial charge in [-0.15, -0.1) is 0 Å². The molecular weight excluding hydrogens is 367 g/mol. The summed E-state index contributed by atoms with van der Waals surface area (Å²) in [6.45, 7) is 14.8. The van der Waals surface area contributed by atoms with Gasteiger partial charge in [-0.3, -0.25) is 0 Å². The van der Waals surface area contributed by atoms with Gasteiger partial charge in [-0.25, -0.2) is 4.39 Å². The number of allylic oxidation sites excluding steroid dienone is 8. The molecule has 0 saturated heterocycles. The molecule has 2 rings (SSSR count). The molecule has 0 nitrogen and oxygen atoms in total. The summed E-state index contributed by atoms with van der Waals surface area (Å²) in [6, 6.07) is 8.36. The number of halogens is 1. The summed E-state index contributed by atoms with van der Waals surface area (Å²) in [5, 5.41) is 0. The Balaban J connectivity index is 1.90. The lowest BCUT2D eigenvalue weighted by Gasteiger charge is -2.26. The molecule has 0 spiro atoms. The molecule has 1 aliphatic rings. The fourth-order valence-electron chi connectivity index (χ4n) is 4.08. The third kappa shape index (κ3) is 8.30. The first-order chi connectivity index (χ1) is 14.4. The predicted molar refractivity (Wildman–Crippen MR) is 130 cm³/mol. The predicted octanol–water partition coefficient (Wildman–Crippen LogP) is 8.65. The molecule has 0 amide bonds. The highest BCUT2D eigenvalue weighted by molar-refractivity contribution is 5.43. The maximum Gasteiger partial charge on any atom is 0.144 e. The summed E-state index contributed by atoms with van der Waals surface area (Å²) < 4.78 is 14.9. The Kier molecular flexibility index (Phi) is 10.1. The van der Waals surface area contributed by atoms with Crippen LogP contribution in [-0.4, -0.2) is 6.17 Å². The van der Waals surface area contributed by atoms with E-state index in [-0.39, 0.29) is 0 Å². The van der Waals surface area contributed by atoms with Gasteiger partial charge in [-0.1, -0.05) is 99.6 Å². The smallest absolute Gasteiger partial charge is 0.144 e. The zero-order chi connectivity index (χ0) is 21.9. The molecular formula is C29H39F. The third-order valence-electron chi connectivity index (χ3n) is 6.08. The lowest BCUT2D eigenvalue weighted by Crippen LogP contribution is -2.12. The fraction of sp³-hybridized carbons (Fsp3) is 0.448. The number of aryl methyl sites for hydroxylation is 1. The quantitative estimate of drug-likeness (QED) is 0.269. The molecule has 30 heavy (non-hydrogen) atoms. The van der Waals surface area contributed by atoms with Gasteiger partial charge in [-0.2, -0.15) is 0 Å². The molecule has 0 N–H and O–H groups in total. The first kappa shape index (κ1) is 24.1. The minimum absolute atomic E-state index is 0.660. The monoisotopic (exact) mass is 406 g/mol. The highest BCUT2D eigenvalue weighted by atomic mass is 19.1. The normalized spacial score (nSPS) is 21.3. The van der Waals surface area contributed by atoms with Crippen molar-refractivity contribution < 1.29 is 4.39 Å². The van der Waals surface area contributed by atoms with E-state index in [1.54, 1.807) is 6.08 Å². The largest absolute Gasteiger partial charge is 0.238 e. The molecule has 0 radical (unpaired) electrons. The average molecular weight is 407 g/mol. The van der Waals surface area contributed by atoms with E-state index >= 15 is 0 Å². The van der Waals surface area contributed by atoms with Gasteiger partial charge in [-0.05, 0) is 73.6 Å². The molecule has 0 aliphatic heterocycles. The van der Waals surface area contributed by atoms with Crippen LogP contribution in [0.15, 0.2) is 84.5 Å². The van der Waals surface area contributed by atoms with Crippen molar-refractivity contribution in [2.45, 2.75) is 71.9 Å². The van der Waals surface area contributed by atoms with Crippen LogP contribution in [0.5, 0.6) is 0 Å². The van der Waals surface area contributed by atoms with E-state index < -0.39 is 6.17 Å². The van der Waals surface area contributed by atoms with Crippen molar-refractivity contribution in [3.8, 4) is 0 Å². The van der Waals surface area contributed by atoms with Crippen LogP contribution in [0.25, 0.3) is 0 Å². The molecule has 0 bridgehead atoms. The molecule has 162 valence electrons. The molecule has 0 heterocycles. The van der Waals surface area contributed by atoms with Gasteiger partial charge in [0, 0.05) is 0 Å². The van der Waals surface area contributed by atoms with Crippen LogP contribution in [0.1, 0.15) is 63.5 Å². The second kappa shape index (κ2) is 12.5. The van der Waals surface area contributed by atoms with Gasteiger partial charge in [0.2, 0.25) is 0 Å². The summed E-state index contributed by atoms with van der Waals surface area (Å²) in [5.41, 5.74) is 4.95. The number of rotatable bonds is 10. The Labute approximate surface area is 184 Å². The first-order valence-corrected chi connectivity index (χ1v) is 11.5. The second-order valence-corrected chi connectivity index (χ2v) is 8.93. The van der Waals surface area contributed by atoms with Crippen LogP contribution < -0.4 is 0 Å². The van der Waals surface area contributed by atoms with E-state index in [0.29, 0.717) is 5.57 Å². The Bertz CT molecular complexity index is 767. The minimum atomic E-state index is -1.14. The zero-order valence-corrected chi connectivity index (χ0v) is 19.2. The number of alkyl halides is 1. The van der Waals surface area contributed by atoms with Crippen LogP contribution in [0.2, 0.25) is 0 Å². The summed E-state index contributed by atoms with van der Waals surface area (Å²) in [6.07, 6.45) is 16.2. The van der Waals surface area contributed by atoms with E-state index in [1.807, 2.05) is 31.2 Å². The van der Waals surface area contributed by atoms with E-state index in [1.165, 1.54) is 36.8 Å². The number of hydrogen-bond acceptors (Lipinski definition) is 0. The molecule has 1 fully saturated rings. The Morgan fingerprint density at radius 3 is 2.40 bits per heavy atom. The summed E-state index contributed by atoms with van der Waals surface area (Å²) in [7, 11) is 0. The molecule has 1 aromatic rings. The lowest BCUT2D eigenvalue weighted by atomic mass is 9.80. The first-order valence-electron chi connectivity index (χ1n) is 11.5. The van der Waals surface area contributed by atoms with Crippen molar-refractivity contribution in [2.75, 3.05) is 0 Å². The molecule has 1 saturated carbocycles. The van der Waals surface area contributed by atoms with Crippen LogP contribution in [-0.2, 0) is 6.42 Å². The third-order valence-corrected chi connectivity index (χ3v) is 6.08. The van der Waals surface area contributed by atoms with E-state index in [9.17, 15) is 4.39 Å². The average Bonchev–Trinajstić information content (AvgIpc) is 2.73. The zero-order valence-electron chi connectivity index (χ0n) is 19.2. The SMILES string of the molecule is C=C(/C=C\C(=C)/C(=C/CC)C(F)C=CCc1ccc(C)cc1)CC1CCC(C)CC1. The highest BCUT2D eigenvalue weighted by Gasteiger charge is 2.18. The highest BCUT2D eigenvalue weighted by Crippen LogP contribution is 2.32. The maximum absolute atomic E-state index is 14.9. The lowest BCUT2D eigenvalue weighted by molar-refractivity contribution is 0.290. The van der Waals surface area contributed by atoms with Crippen molar-refractivity contribution in [2.24, 2.45) is 11.8 Å². The van der Waals surface area contributed by atoms with Crippen LogP contribution >= 0.6 is 0 Å². The number of benzene rings is 1. The molecule has 1 heteroatoms. The van der Waals surface area contributed by atoms with Gasteiger partial charge in [0.05, 0.1) is 0 Å².